The molecule has 1 aromatic rings. The molecule has 0 aliphatic carbocycles. The van der Waals surface area contributed by atoms with E-state index in [0.29, 0.717) is 17.4 Å². The van der Waals surface area contributed by atoms with Gasteiger partial charge in [0.05, 0.1) is 6.54 Å². The van der Waals surface area contributed by atoms with E-state index in [1.165, 1.54) is 6.42 Å². The normalized spacial score (nSPS) is 21.9. The van der Waals surface area contributed by atoms with Crippen molar-refractivity contribution in [1.82, 2.24) is 15.5 Å². The van der Waals surface area contributed by atoms with E-state index in [1.54, 1.807) is 0 Å². The van der Waals surface area contributed by atoms with E-state index in [-0.39, 0.29) is 24.4 Å². The molecule has 0 saturated carbocycles. The van der Waals surface area contributed by atoms with Gasteiger partial charge in [-0.3, -0.25) is 9.59 Å². The smallest absolute Gasteiger partial charge is 0.251 e. The minimum Gasteiger partial charge on any atom is -0.351 e. The van der Waals surface area contributed by atoms with E-state index in [0.717, 1.165) is 30.8 Å². The summed E-state index contributed by atoms with van der Waals surface area (Å²) in [5.74, 6) is 1.06. The summed E-state index contributed by atoms with van der Waals surface area (Å²) in [6.07, 6.45) is 1.28. The number of aryl methyl sites for hydroxylation is 2. The standard InChI is InChI=1S/C21H33N3O2/c1-14-6-15(2)9-19(8-14)21(26)22-10-20(25)23-18(5)13-24-11-16(3)7-17(4)12-24/h6,8-9,16-18H,7,10-13H2,1-5H3,(H,22,26)(H,23,25). The van der Waals surface area contributed by atoms with Gasteiger partial charge in [0.15, 0.2) is 0 Å². The van der Waals surface area contributed by atoms with Crippen LogP contribution in [-0.4, -0.2) is 48.9 Å². The molecule has 2 N–H and O–H groups in total. The molecule has 1 saturated heterocycles. The highest BCUT2D eigenvalue weighted by Gasteiger charge is 2.23. The van der Waals surface area contributed by atoms with Crippen LogP contribution in [0.25, 0.3) is 0 Å². The minimum absolute atomic E-state index is 0.00294. The quantitative estimate of drug-likeness (QED) is 0.820. The van der Waals surface area contributed by atoms with Crippen LogP contribution in [0.3, 0.4) is 0 Å². The first-order chi connectivity index (χ1) is 12.2. The lowest BCUT2D eigenvalue weighted by molar-refractivity contribution is -0.120. The lowest BCUT2D eigenvalue weighted by atomic mass is 9.92. The third-order valence-corrected chi connectivity index (χ3v) is 4.78. The maximum Gasteiger partial charge on any atom is 0.251 e. The van der Waals surface area contributed by atoms with Crippen molar-refractivity contribution >= 4 is 11.8 Å². The van der Waals surface area contributed by atoms with Gasteiger partial charge in [0.2, 0.25) is 5.91 Å². The second kappa shape index (κ2) is 9.17. The molecule has 0 spiro atoms. The number of carbonyl (C=O) groups is 2. The van der Waals surface area contributed by atoms with E-state index in [1.807, 2.05) is 39.0 Å². The highest BCUT2D eigenvalue weighted by Crippen LogP contribution is 2.20. The monoisotopic (exact) mass is 359 g/mol. The van der Waals surface area contributed by atoms with Gasteiger partial charge < -0.3 is 15.5 Å². The predicted octanol–water partition coefficient (Wildman–Crippen LogP) is 2.52. The zero-order valence-electron chi connectivity index (χ0n) is 16.8. The van der Waals surface area contributed by atoms with Crippen LogP contribution in [0.4, 0.5) is 0 Å². The van der Waals surface area contributed by atoms with Gasteiger partial charge in [-0.15, -0.1) is 0 Å². The average molecular weight is 360 g/mol. The molecule has 1 heterocycles. The third kappa shape index (κ3) is 6.45. The molecular formula is C21H33N3O2. The number of carbonyl (C=O) groups excluding carboxylic acids is 2. The van der Waals surface area contributed by atoms with Crippen LogP contribution < -0.4 is 10.6 Å². The van der Waals surface area contributed by atoms with Crippen LogP contribution in [0.15, 0.2) is 18.2 Å². The highest BCUT2D eigenvalue weighted by molar-refractivity contribution is 5.96. The van der Waals surface area contributed by atoms with Crippen molar-refractivity contribution in [2.75, 3.05) is 26.2 Å². The molecular weight excluding hydrogens is 326 g/mol. The predicted molar refractivity (Wildman–Crippen MR) is 105 cm³/mol. The van der Waals surface area contributed by atoms with Crippen LogP contribution >= 0.6 is 0 Å². The molecule has 3 atom stereocenters. The van der Waals surface area contributed by atoms with Crippen molar-refractivity contribution in [1.29, 1.82) is 0 Å². The topological polar surface area (TPSA) is 61.4 Å². The average Bonchev–Trinajstić information content (AvgIpc) is 2.50. The number of amides is 2. The molecule has 3 unspecified atom stereocenters. The molecule has 26 heavy (non-hydrogen) atoms. The number of piperidine rings is 1. The van der Waals surface area contributed by atoms with Crippen LogP contribution in [0.2, 0.25) is 0 Å². The molecule has 0 bridgehead atoms. The van der Waals surface area contributed by atoms with Gasteiger partial charge in [-0.1, -0.05) is 31.0 Å². The maximum absolute atomic E-state index is 12.2. The Hall–Kier alpha value is -1.88. The van der Waals surface area contributed by atoms with Crippen molar-refractivity contribution in [2.24, 2.45) is 11.8 Å². The fourth-order valence-electron chi connectivity index (χ4n) is 4.07. The summed E-state index contributed by atoms with van der Waals surface area (Å²) in [7, 11) is 0. The van der Waals surface area contributed by atoms with E-state index < -0.39 is 0 Å². The Labute approximate surface area is 157 Å². The molecule has 5 heteroatoms. The Morgan fingerprint density at radius 1 is 1.12 bits per heavy atom. The fourth-order valence-corrected chi connectivity index (χ4v) is 4.07. The second-order valence-corrected chi connectivity index (χ2v) is 8.19. The Bertz CT molecular complexity index is 614. The zero-order chi connectivity index (χ0) is 19.3. The highest BCUT2D eigenvalue weighted by atomic mass is 16.2. The van der Waals surface area contributed by atoms with Gasteiger partial charge in [-0.2, -0.15) is 0 Å². The van der Waals surface area contributed by atoms with Crippen molar-refractivity contribution in [3.8, 4) is 0 Å². The molecule has 2 amide bonds. The third-order valence-electron chi connectivity index (χ3n) is 4.78. The first-order valence-electron chi connectivity index (χ1n) is 9.61. The summed E-state index contributed by atoms with van der Waals surface area (Å²) in [4.78, 5) is 26.8. The Morgan fingerprint density at radius 3 is 2.27 bits per heavy atom. The Balaban J connectivity index is 1.76. The van der Waals surface area contributed by atoms with Gasteiger partial charge >= 0.3 is 0 Å². The first-order valence-corrected chi connectivity index (χ1v) is 9.61. The van der Waals surface area contributed by atoms with Crippen LogP contribution in [0.5, 0.6) is 0 Å². The summed E-state index contributed by atoms with van der Waals surface area (Å²) in [5.41, 5.74) is 2.68. The van der Waals surface area contributed by atoms with Crippen molar-refractivity contribution in [3.05, 3.63) is 34.9 Å². The minimum atomic E-state index is -0.210. The van der Waals surface area contributed by atoms with Gasteiger partial charge in [-0.25, -0.2) is 0 Å². The molecule has 144 valence electrons. The SMILES string of the molecule is Cc1cc(C)cc(C(=O)NCC(=O)NC(C)CN2CC(C)CC(C)C2)c1. The van der Waals surface area contributed by atoms with Crippen molar-refractivity contribution < 1.29 is 9.59 Å². The number of nitrogens with zero attached hydrogens (tertiary/aromatic N) is 1. The summed E-state index contributed by atoms with van der Waals surface area (Å²) in [5, 5.41) is 5.70. The van der Waals surface area contributed by atoms with Gasteiger partial charge in [0.1, 0.15) is 0 Å². The molecule has 1 aliphatic rings. The molecule has 1 aromatic carbocycles. The van der Waals surface area contributed by atoms with Crippen molar-refractivity contribution in [3.63, 3.8) is 0 Å². The lowest BCUT2D eigenvalue weighted by Crippen LogP contribution is -2.48. The summed E-state index contributed by atoms with van der Waals surface area (Å²) in [6, 6.07) is 5.76. The van der Waals surface area contributed by atoms with E-state index in [4.69, 9.17) is 0 Å². The molecule has 5 nitrogen and oxygen atoms in total. The summed E-state index contributed by atoms with van der Waals surface area (Å²) < 4.78 is 0. The summed E-state index contributed by atoms with van der Waals surface area (Å²) >= 11 is 0. The molecule has 1 fully saturated rings. The fraction of sp³-hybridized carbons (Fsp3) is 0.619. The lowest BCUT2D eigenvalue weighted by Gasteiger charge is -2.36. The molecule has 2 rings (SSSR count). The Morgan fingerprint density at radius 2 is 1.69 bits per heavy atom. The van der Waals surface area contributed by atoms with Crippen LogP contribution in [0, 0.1) is 25.7 Å². The summed E-state index contributed by atoms with van der Waals surface area (Å²) in [6.45, 7) is 13.5. The first kappa shape index (κ1) is 20.4. The second-order valence-electron chi connectivity index (χ2n) is 8.19. The Kier molecular flexibility index (Phi) is 7.21. The van der Waals surface area contributed by atoms with E-state index in [2.05, 4.69) is 29.4 Å². The number of nitrogens with one attached hydrogen (secondary N) is 2. The van der Waals surface area contributed by atoms with Gasteiger partial charge in [0, 0.05) is 31.2 Å². The van der Waals surface area contributed by atoms with Gasteiger partial charge in [-0.05, 0) is 51.2 Å². The van der Waals surface area contributed by atoms with E-state index >= 15 is 0 Å². The van der Waals surface area contributed by atoms with Crippen LogP contribution in [-0.2, 0) is 4.79 Å². The maximum atomic E-state index is 12.2. The molecule has 1 aliphatic heterocycles. The number of benzene rings is 1. The largest absolute Gasteiger partial charge is 0.351 e. The number of likely N-dealkylation sites (tertiary alicyclic amines) is 1. The van der Waals surface area contributed by atoms with Crippen LogP contribution in [0.1, 0.15) is 48.7 Å². The zero-order valence-corrected chi connectivity index (χ0v) is 16.8. The number of hydrogen-bond acceptors (Lipinski definition) is 3. The number of hydrogen-bond donors (Lipinski definition) is 2. The van der Waals surface area contributed by atoms with E-state index in [9.17, 15) is 9.59 Å². The molecule has 0 radical (unpaired) electrons. The van der Waals surface area contributed by atoms with Gasteiger partial charge in [0.25, 0.3) is 5.91 Å². The molecule has 0 aromatic heterocycles. The van der Waals surface area contributed by atoms with Crippen molar-refractivity contribution in [2.45, 2.75) is 47.1 Å². The number of rotatable bonds is 6.